The molecule has 6 nitrogen and oxygen atoms in total. The van der Waals surface area contributed by atoms with Crippen molar-refractivity contribution in [1.29, 1.82) is 0 Å². The fourth-order valence-electron chi connectivity index (χ4n) is 4.46. The fraction of sp³-hybridized carbons (Fsp3) is 0.355. The van der Waals surface area contributed by atoms with Gasteiger partial charge in [0.25, 0.3) is 5.91 Å². The number of phenols is 2. The summed E-state index contributed by atoms with van der Waals surface area (Å²) in [6.45, 7) is 11.8. The maximum atomic E-state index is 14.6. The second-order valence-corrected chi connectivity index (χ2v) is 11.4. The Hall–Kier alpha value is -4.01. The molecule has 40 heavy (non-hydrogen) atoms. The van der Waals surface area contributed by atoms with Gasteiger partial charge < -0.3 is 20.8 Å². The number of aryl methyl sites for hydroxylation is 2. The molecule has 0 saturated carbocycles. The van der Waals surface area contributed by atoms with Crippen molar-refractivity contribution in [2.45, 2.75) is 66.6 Å². The van der Waals surface area contributed by atoms with Gasteiger partial charge in [-0.3, -0.25) is 9.59 Å². The number of anilines is 2. The van der Waals surface area contributed by atoms with Crippen molar-refractivity contribution in [1.82, 2.24) is 0 Å². The highest BCUT2D eigenvalue weighted by Crippen LogP contribution is 2.45. The predicted octanol–water partition coefficient (Wildman–Crippen LogP) is 7.71. The number of halogens is 3. The Kier molecular flexibility index (Phi) is 8.57. The summed E-state index contributed by atoms with van der Waals surface area (Å²) in [5, 5.41) is 26.5. The third-order valence-electron chi connectivity index (χ3n) is 6.40. The van der Waals surface area contributed by atoms with Crippen LogP contribution in [0.25, 0.3) is 0 Å². The number of amides is 1. The van der Waals surface area contributed by atoms with Crippen LogP contribution < -0.4 is 10.6 Å². The molecule has 1 unspecified atom stereocenters. The molecule has 0 aromatic heterocycles. The van der Waals surface area contributed by atoms with Crippen LogP contribution in [0.1, 0.15) is 83.5 Å². The van der Waals surface area contributed by atoms with E-state index in [4.69, 9.17) is 0 Å². The van der Waals surface area contributed by atoms with Gasteiger partial charge in [0, 0.05) is 22.6 Å². The van der Waals surface area contributed by atoms with E-state index >= 15 is 0 Å². The molecule has 3 aromatic rings. The summed E-state index contributed by atoms with van der Waals surface area (Å²) in [5.41, 5.74) is -0.174. The Morgan fingerprint density at radius 2 is 1.30 bits per heavy atom. The molecule has 0 heterocycles. The first-order chi connectivity index (χ1) is 18.4. The first-order valence-electron chi connectivity index (χ1n) is 12.9. The number of hydrogen-bond donors (Lipinski definition) is 4. The third kappa shape index (κ3) is 6.76. The monoisotopic (exact) mass is 556 g/mol. The zero-order chi connectivity index (χ0) is 30.2. The van der Waals surface area contributed by atoms with Crippen LogP contribution in [0.3, 0.4) is 0 Å². The number of rotatable bonds is 7. The van der Waals surface area contributed by atoms with Crippen LogP contribution in [0, 0.1) is 19.3 Å². The first-order valence-corrected chi connectivity index (χ1v) is 12.9. The van der Waals surface area contributed by atoms with Gasteiger partial charge in [-0.2, -0.15) is 13.2 Å². The van der Waals surface area contributed by atoms with Gasteiger partial charge in [-0.15, -0.1) is 0 Å². The molecule has 214 valence electrons. The number of Topliss-reactive ketones (excluding diaryl/α,β-unsaturated/α-hetero) is 1. The van der Waals surface area contributed by atoms with Gasteiger partial charge in [0.2, 0.25) is 0 Å². The van der Waals surface area contributed by atoms with E-state index in [-0.39, 0.29) is 62.5 Å². The van der Waals surface area contributed by atoms with Crippen molar-refractivity contribution in [3.05, 3.63) is 81.9 Å². The van der Waals surface area contributed by atoms with Gasteiger partial charge in [-0.1, -0.05) is 45.0 Å². The minimum Gasteiger partial charge on any atom is -0.506 e. The van der Waals surface area contributed by atoms with E-state index in [9.17, 15) is 33.0 Å². The van der Waals surface area contributed by atoms with Gasteiger partial charge in [0.1, 0.15) is 17.4 Å². The van der Waals surface area contributed by atoms with E-state index in [0.29, 0.717) is 5.56 Å². The SMILES string of the molecule is Cc1cc(C(c2cc(C)c(O)c(NC(C)C)c2)C(F)(F)F)cc(NC(=O)c2cccc(C(=O)C(C)(C)C)c2)c1O. The number of ketones is 1. The lowest BCUT2D eigenvalue weighted by Gasteiger charge is -2.25. The molecule has 1 atom stereocenters. The minimum atomic E-state index is -4.73. The average molecular weight is 557 g/mol. The van der Waals surface area contributed by atoms with Crippen LogP contribution in [0.5, 0.6) is 11.5 Å². The van der Waals surface area contributed by atoms with E-state index in [1.54, 1.807) is 46.8 Å². The summed E-state index contributed by atoms with van der Waals surface area (Å²) in [6, 6.07) is 10.7. The van der Waals surface area contributed by atoms with Crippen molar-refractivity contribution in [3.8, 4) is 11.5 Å². The highest BCUT2D eigenvalue weighted by molar-refractivity contribution is 6.07. The number of alkyl halides is 3. The summed E-state index contributed by atoms with van der Waals surface area (Å²) < 4.78 is 43.7. The first kappa shape index (κ1) is 30.5. The zero-order valence-corrected chi connectivity index (χ0v) is 23.6. The summed E-state index contributed by atoms with van der Waals surface area (Å²) >= 11 is 0. The molecule has 1 amide bonds. The van der Waals surface area contributed by atoms with Crippen molar-refractivity contribution in [3.63, 3.8) is 0 Å². The summed E-state index contributed by atoms with van der Waals surface area (Å²) in [5.74, 6) is -3.49. The highest BCUT2D eigenvalue weighted by atomic mass is 19.4. The summed E-state index contributed by atoms with van der Waals surface area (Å²) in [6.07, 6.45) is -4.73. The molecule has 0 fully saturated rings. The quantitative estimate of drug-likeness (QED) is 0.177. The predicted molar refractivity (Wildman–Crippen MR) is 151 cm³/mol. The second-order valence-electron chi connectivity index (χ2n) is 11.4. The molecule has 0 aliphatic rings. The molecule has 0 bridgehead atoms. The van der Waals surface area contributed by atoms with E-state index in [0.717, 1.165) is 6.07 Å². The van der Waals surface area contributed by atoms with Crippen LogP contribution in [0.15, 0.2) is 48.5 Å². The van der Waals surface area contributed by atoms with Gasteiger partial charge in [0.05, 0.1) is 11.4 Å². The van der Waals surface area contributed by atoms with Crippen LogP contribution in [-0.2, 0) is 0 Å². The number of carbonyl (C=O) groups is 2. The molecule has 3 rings (SSSR count). The van der Waals surface area contributed by atoms with E-state index < -0.39 is 23.4 Å². The molecule has 0 aliphatic carbocycles. The topological polar surface area (TPSA) is 98.7 Å². The molecule has 0 saturated heterocycles. The van der Waals surface area contributed by atoms with Gasteiger partial charge >= 0.3 is 6.18 Å². The van der Waals surface area contributed by atoms with Gasteiger partial charge in [-0.05, 0) is 74.2 Å². The number of phenolic OH excluding ortho intramolecular Hbond substituents is 2. The van der Waals surface area contributed by atoms with E-state index in [2.05, 4.69) is 10.6 Å². The summed E-state index contributed by atoms with van der Waals surface area (Å²) in [4.78, 5) is 25.8. The lowest BCUT2D eigenvalue weighted by atomic mass is 9.86. The van der Waals surface area contributed by atoms with Crippen molar-refractivity contribution in [2.75, 3.05) is 10.6 Å². The fourth-order valence-corrected chi connectivity index (χ4v) is 4.46. The molecule has 3 aromatic carbocycles. The van der Waals surface area contributed by atoms with Crippen molar-refractivity contribution < 1.29 is 33.0 Å². The van der Waals surface area contributed by atoms with Crippen LogP contribution >= 0.6 is 0 Å². The van der Waals surface area contributed by atoms with Gasteiger partial charge in [-0.25, -0.2) is 0 Å². The largest absolute Gasteiger partial charge is 0.506 e. The third-order valence-corrected chi connectivity index (χ3v) is 6.40. The highest BCUT2D eigenvalue weighted by Gasteiger charge is 2.43. The molecule has 0 radical (unpaired) electrons. The lowest BCUT2D eigenvalue weighted by molar-refractivity contribution is -0.141. The maximum absolute atomic E-state index is 14.6. The molecule has 0 aliphatic heterocycles. The maximum Gasteiger partial charge on any atom is 0.399 e. The molecule has 0 spiro atoms. The zero-order valence-electron chi connectivity index (χ0n) is 23.6. The van der Waals surface area contributed by atoms with Gasteiger partial charge in [0.15, 0.2) is 5.78 Å². The molecular weight excluding hydrogens is 521 g/mol. The minimum absolute atomic E-state index is 0.110. The summed E-state index contributed by atoms with van der Waals surface area (Å²) in [7, 11) is 0. The Balaban J connectivity index is 2.07. The second kappa shape index (κ2) is 11.2. The van der Waals surface area contributed by atoms with E-state index in [1.807, 2.05) is 0 Å². The van der Waals surface area contributed by atoms with Crippen molar-refractivity contribution >= 4 is 23.1 Å². The Bertz CT molecular complexity index is 1440. The Labute approximate surface area is 232 Å². The number of nitrogens with one attached hydrogen (secondary N) is 2. The molecular formula is C31H35F3N2O4. The number of benzene rings is 3. The number of hydrogen-bond acceptors (Lipinski definition) is 5. The number of carbonyl (C=O) groups excluding carboxylic acids is 2. The average Bonchev–Trinajstić information content (AvgIpc) is 2.83. The lowest BCUT2D eigenvalue weighted by Crippen LogP contribution is -2.23. The van der Waals surface area contributed by atoms with E-state index in [1.165, 1.54) is 44.2 Å². The Morgan fingerprint density at radius 3 is 1.80 bits per heavy atom. The smallest absolute Gasteiger partial charge is 0.399 e. The normalized spacial score (nSPS) is 12.8. The molecule has 4 N–H and O–H groups in total. The molecule has 9 heteroatoms. The van der Waals surface area contributed by atoms with Crippen LogP contribution in [0.2, 0.25) is 0 Å². The number of aromatic hydroxyl groups is 2. The standard InChI is InChI=1S/C31H35F3N2O4/c1-16(2)35-23-14-21(11-17(3)26(23)37)25(31(32,33)34)22-12-18(4)27(38)24(15-22)36-29(40)20-10-8-9-19(13-20)28(39)30(5,6)7/h8-16,25,35,37-38H,1-7H3,(H,36,40). The van der Waals surface area contributed by atoms with Crippen LogP contribution in [-0.4, -0.2) is 34.1 Å². The van der Waals surface area contributed by atoms with Crippen molar-refractivity contribution in [2.24, 2.45) is 5.41 Å². The Morgan fingerprint density at radius 1 is 0.800 bits per heavy atom. The van der Waals surface area contributed by atoms with Crippen LogP contribution in [0.4, 0.5) is 24.5 Å².